The topological polar surface area (TPSA) is 29.5 Å². The van der Waals surface area contributed by atoms with Gasteiger partial charge in [-0.15, -0.1) is 0 Å². The lowest BCUT2D eigenvalue weighted by atomic mass is 9.68. The van der Waals surface area contributed by atoms with Crippen LogP contribution in [-0.4, -0.2) is 5.26 Å². The minimum Gasteiger partial charge on any atom is -0.251 e. The van der Waals surface area contributed by atoms with E-state index in [0.29, 0.717) is 5.92 Å². The third kappa shape index (κ3) is 4.28. The first-order valence-electron chi connectivity index (χ1n) is 10.4. The van der Waals surface area contributed by atoms with Gasteiger partial charge in [0.1, 0.15) is 6.10 Å². The molecular weight excluding hydrogens is 308 g/mol. The maximum Gasteiger partial charge on any atom is 0.120 e. The van der Waals surface area contributed by atoms with Gasteiger partial charge < -0.3 is 0 Å². The van der Waals surface area contributed by atoms with Crippen molar-refractivity contribution in [2.75, 3.05) is 0 Å². The van der Waals surface area contributed by atoms with Gasteiger partial charge in [0.2, 0.25) is 0 Å². The Hall–Kier alpha value is -0.860. The number of rotatable bonds is 4. The monoisotopic (exact) mass is 344 g/mol. The second-order valence-corrected chi connectivity index (χ2v) is 9.00. The summed E-state index contributed by atoms with van der Waals surface area (Å²) in [5.74, 6) is 3.25. The normalized spacial score (nSPS) is 31.7. The zero-order valence-corrected chi connectivity index (χ0v) is 16.6. The number of hydrogen-bond acceptors (Lipinski definition) is 2. The molecule has 2 saturated carbocycles. The highest BCUT2D eigenvalue weighted by Crippen LogP contribution is 2.45. The highest BCUT2D eigenvalue weighted by molar-refractivity contribution is 5.38. The molecule has 1 aromatic carbocycles. The van der Waals surface area contributed by atoms with Crippen molar-refractivity contribution in [2.45, 2.75) is 85.2 Å². The summed E-state index contributed by atoms with van der Waals surface area (Å²) in [4.78, 5) is 5.02. The van der Waals surface area contributed by atoms with Gasteiger partial charge in [-0.3, -0.25) is 5.26 Å². The van der Waals surface area contributed by atoms with E-state index in [-0.39, 0.29) is 6.10 Å². The summed E-state index contributed by atoms with van der Waals surface area (Å²) in [6.45, 7) is 8.88. The molecule has 2 fully saturated rings. The lowest BCUT2D eigenvalue weighted by Gasteiger charge is -2.38. The van der Waals surface area contributed by atoms with Crippen LogP contribution in [0.2, 0.25) is 0 Å². The summed E-state index contributed by atoms with van der Waals surface area (Å²) in [7, 11) is 0. The minimum absolute atomic E-state index is 0.162. The second kappa shape index (κ2) is 8.22. The first kappa shape index (κ1) is 18.9. The highest BCUT2D eigenvalue weighted by Gasteiger charge is 2.34. The molecule has 0 aliphatic heterocycles. The van der Waals surface area contributed by atoms with Gasteiger partial charge in [-0.05, 0) is 105 Å². The molecule has 2 nitrogen and oxygen atoms in total. The van der Waals surface area contributed by atoms with E-state index in [1.165, 1.54) is 68.1 Å². The van der Waals surface area contributed by atoms with Crippen molar-refractivity contribution < 1.29 is 10.1 Å². The summed E-state index contributed by atoms with van der Waals surface area (Å²) >= 11 is 0. The van der Waals surface area contributed by atoms with Crippen LogP contribution in [0.15, 0.2) is 12.1 Å². The minimum atomic E-state index is -0.162. The molecule has 0 aromatic heterocycles. The Balaban J connectivity index is 1.62. The SMILES string of the molecule is Cc1cc(C(OO)C2CCC(C3CCC(C)CC3)CC2)cc(C)c1C. The summed E-state index contributed by atoms with van der Waals surface area (Å²) in [6, 6.07) is 4.41. The van der Waals surface area contributed by atoms with E-state index >= 15 is 0 Å². The fourth-order valence-electron chi connectivity index (χ4n) is 5.33. The Kier molecular flexibility index (Phi) is 6.22. The Labute approximate surface area is 153 Å². The fraction of sp³-hybridized carbons (Fsp3) is 0.739. The summed E-state index contributed by atoms with van der Waals surface area (Å²) in [6.07, 6.45) is 10.6. The molecule has 0 saturated heterocycles. The third-order valence-electron chi connectivity index (χ3n) is 7.36. The predicted octanol–water partition coefficient (Wildman–Crippen LogP) is 6.78. The van der Waals surface area contributed by atoms with E-state index in [4.69, 9.17) is 4.89 Å². The molecule has 0 amide bonds. The van der Waals surface area contributed by atoms with Crippen LogP contribution in [0.3, 0.4) is 0 Å². The molecule has 3 rings (SSSR count). The zero-order chi connectivity index (χ0) is 18.0. The van der Waals surface area contributed by atoms with Crippen LogP contribution in [0.4, 0.5) is 0 Å². The van der Waals surface area contributed by atoms with Gasteiger partial charge in [-0.25, -0.2) is 4.89 Å². The van der Waals surface area contributed by atoms with Crippen LogP contribution in [0.5, 0.6) is 0 Å². The Morgan fingerprint density at radius 1 is 0.840 bits per heavy atom. The van der Waals surface area contributed by atoms with E-state index in [1.807, 2.05) is 0 Å². The first-order chi connectivity index (χ1) is 12.0. The maximum absolute atomic E-state index is 9.63. The molecule has 25 heavy (non-hydrogen) atoms. The smallest absolute Gasteiger partial charge is 0.120 e. The molecule has 0 heterocycles. The summed E-state index contributed by atoms with van der Waals surface area (Å²) in [5, 5.41) is 9.63. The molecule has 1 N–H and O–H groups in total. The lowest BCUT2D eigenvalue weighted by molar-refractivity contribution is -0.296. The van der Waals surface area contributed by atoms with Gasteiger partial charge in [0.15, 0.2) is 0 Å². The average Bonchev–Trinajstić information content (AvgIpc) is 2.61. The average molecular weight is 345 g/mol. The summed E-state index contributed by atoms with van der Waals surface area (Å²) < 4.78 is 0. The standard InChI is InChI=1S/C23H36O2/c1-15-5-7-19(8-6-15)20-9-11-21(12-10-20)23(25-24)22-13-16(2)18(4)17(3)14-22/h13-15,19-21,23-24H,5-12H2,1-4H3. The molecule has 140 valence electrons. The summed E-state index contributed by atoms with van der Waals surface area (Å²) in [5.41, 5.74) is 5.08. The highest BCUT2D eigenvalue weighted by atomic mass is 17.1. The zero-order valence-electron chi connectivity index (χ0n) is 16.6. The van der Waals surface area contributed by atoms with Gasteiger partial charge in [0, 0.05) is 0 Å². The van der Waals surface area contributed by atoms with Gasteiger partial charge in [-0.2, -0.15) is 0 Å². The molecule has 2 aliphatic carbocycles. The molecule has 1 unspecified atom stereocenters. The van der Waals surface area contributed by atoms with Gasteiger partial charge in [0.25, 0.3) is 0 Å². The molecule has 1 aromatic rings. The number of aryl methyl sites for hydroxylation is 2. The molecule has 2 heteroatoms. The van der Waals surface area contributed by atoms with Crippen molar-refractivity contribution in [3.05, 3.63) is 34.4 Å². The maximum atomic E-state index is 9.63. The van der Waals surface area contributed by atoms with Crippen molar-refractivity contribution >= 4 is 0 Å². The Morgan fingerprint density at radius 2 is 1.32 bits per heavy atom. The van der Waals surface area contributed by atoms with Gasteiger partial charge in [0.05, 0.1) is 0 Å². The number of hydrogen-bond donors (Lipinski definition) is 1. The molecule has 1 atom stereocenters. The van der Waals surface area contributed by atoms with Crippen molar-refractivity contribution in [2.24, 2.45) is 23.7 Å². The van der Waals surface area contributed by atoms with E-state index in [9.17, 15) is 5.26 Å². The van der Waals surface area contributed by atoms with Crippen LogP contribution in [-0.2, 0) is 4.89 Å². The number of benzene rings is 1. The van der Waals surface area contributed by atoms with Crippen molar-refractivity contribution in [1.29, 1.82) is 0 Å². The van der Waals surface area contributed by atoms with Crippen LogP contribution < -0.4 is 0 Å². The molecule has 0 spiro atoms. The quantitative estimate of drug-likeness (QED) is 0.482. The van der Waals surface area contributed by atoms with Gasteiger partial charge in [-0.1, -0.05) is 31.9 Å². The molecule has 2 aliphatic rings. The van der Waals surface area contributed by atoms with Crippen LogP contribution in [0, 0.1) is 44.4 Å². The molecule has 0 radical (unpaired) electrons. The van der Waals surface area contributed by atoms with Crippen molar-refractivity contribution in [3.63, 3.8) is 0 Å². The fourth-order valence-corrected chi connectivity index (χ4v) is 5.33. The van der Waals surface area contributed by atoms with Crippen LogP contribution in [0.1, 0.15) is 86.6 Å². The van der Waals surface area contributed by atoms with Gasteiger partial charge >= 0.3 is 0 Å². The van der Waals surface area contributed by atoms with E-state index in [2.05, 4.69) is 39.8 Å². The van der Waals surface area contributed by atoms with E-state index in [0.717, 1.165) is 23.3 Å². The van der Waals surface area contributed by atoms with Crippen molar-refractivity contribution in [3.8, 4) is 0 Å². The lowest BCUT2D eigenvalue weighted by Crippen LogP contribution is -2.28. The van der Waals surface area contributed by atoms with E-state index < -0.39 is 0 Å². The first-order valence-corrected chi connectivity index (χ1v) is 10.4. The second-order valence-electron chi connectivity index (χ2n) is 9.00. The third-order valence-corrected chi connectivity index (χ3v) is 7.36. The van der Waals surface area contributed by atoms with Crippen LogP contribution >= 0.6 is 0 Å². The Bertz CT molecular complexity index is 540. The van der Waals surface area contributed by atoms with Crippen LogP contribution in [0.25, 0.3) is 0 Å². The molecule has 0 bridgehead atoms. The molecular formula is C23H36O2. The van der Waals surface area contributed by atoms with Crippen molar-refractivity contribution in [1.82, 2.24) is 0 Å². The Morgan fingerprint density at radius 3 is 1.80 bits per heavy atom. The predicted molar refractivity (Wildman–Crippen MR) is 104 cm³/mol. The van der Waals surface area contributed by atoms with E-state index in [1.54, 1.807) is 0 Å². The largest absolute Gasteiger partial charge is 0.251 e.